The van der Waals surface area contributed by atoms with E-state index in [2.05, 4.69) is 97.9 Å². The standard InChI is InChI=1S/C31H45N3P2/c1-22(2)35(23(3)4)30(20-26-14-9-11-18-32-26)28-16-13-17-29(34-28)31(36(24(5)6)25(7)8)21-27-15-10-12-19-33-27/h9-19,22-25,30-31H,20-21H2,1-8H3. The van der Waals surface area contributed by atoms with E-state index in [1.165, 1.54) is 22.8 Å². The van der Waals surface area contributed by atoms with E-state index in [0.717, 1.165) is 12.8 Å². The fourth-order valence-corrected chi connectivity index (χ4v) is 12.6. The summed E-state index contributed by atoms with van der Waals surface area (Å²) in [4.78, 5) is 14.9. The van der Waals surface area contributed by atoms with Gasteiger partial charge in [-0.05, 0) is 59.0 Å². The Morgan fingerprint density at radius 3 is 1.22 bits per heavy atom. The predicted octanol–water partition coefficient (Wildman–Crippen LogP) is 9.04. The molecule has 0 fully saturated rings. The van der Waals surface area contributed by atoms with Crippen LogP contribution in [-0.2, 0) is 12.8 Å². The lowest BCUT2D eigenvalue weighted by Gasteiger charge is -2.36. The van der Waals surface area contributed by atoms with Crippen molar-refractivity contribution in [1.29, 1.82) is 0 Å². The average Bonchev–Trinajstić information content (AvgIpc) is 2.83. The van der Waals surface area contributed by atoms with E-state index in [-0.39, 0.29) is 15.8 Å². The van der Waals surface area contributed by atoms with Gasteiger partial charge >= 0.3 is 0 Å². The normalized spacial score (nSPS) is 13.9. The van der Waals surface area contributed by atoms with Gasteiger partial charge in [0.2, 0.25) is 0 Å². The first kappa shape index (κ1) is 28.9. The molecule has 0 spiro atoms. The van der Waals surface area contributed by atoms with Gasteiger partial charge in [-0.3, -0.25) is 15.0 Å². The molecule has 3 rings (SSSR count). The second-order valence-corrected chi connectivity index (χ2v) is 18.0. The van der Waals surface area contributed by atoms with Gasteiger partial charge in [0.25, 0.3) is 0 Å². The molecule has 0 aliphatic heterocycles. The molecular weight excluding hydrogens is 476 g/mol. The minimum atomic E-state index is -0.272. The van der Waals surface area contributed by atoms with Gasteiger partial charge in [-0.15, -0.1) is 0 Å². The number of rotatable bonds is 12. The van der Waals surface area contributed by atoms with Gasteiger partial charge < -0.3 is 0 Å². The minimum absolute atomic E-state index is 0.272. The summed E-state index contributed by atoms with van der Waals surface area (Å²) in [7, 11) is -0.543. The van der Waals surface area contributed by atoms with Crippen molar-refractivity contribution >= 4 is 15.8 Å². The molecule has 2 atom stereocenters. The molecule has 3 aromatic heterocycles. The van der Waals surface area contributed by atoms with E-state index >= 15 is 0 Å². The van der Waals surface area contributed by atoms with Crippen LogP contribution in [-0.4, -0.2) is 37.6 Å². The molecule has 3 aromatic rings. The zero-order valence-electron chi connectivity index (χ0n) is 23.5. The summed E-state index contributed by atoms with van der Waals surface area (Å²) in [6.07, 6.45) is 5.75. The molecule has 3 nitrogen and oxygen atoms in total. The molecule has 0 bridgehead atoms. The van der Waals surface area contributed by atoms with E-state index in [1.807, 2.05) is 24.5 Å². The van der Waals surface area contributed by atoms with Crippen molar-refractivity contribution in [1.82, 2.24) is 15.0 Å². The highest BCUT2D eigenvalue weighted by molar-refractivity contribution is 7.59. The molecule has 0 N–H and O–H groups in total. The molecule has 3 heterocycles. The monoisotopic (exact) mass is 521 g/mol. The number of hydrogen-bond donors (Lipinski definition) is 0. The van der Waals surface area contributed by atoms with Gasteiger partial charge in [-0.25, -0.2) is 0 Å². The second-order valence-electron chi connectivity index (χ2n) is 10.8. The Kier molecular flexibility index (Phi) is 11.0. The van der Waals surface area contributed by atoms with E-state index in [9.17, 15) is 0 Å². The molecular formula is C31H45N3P2. The van der Waals surface area contributed by atoms with Crippen LogP contribution in [0.2, 0.25) is 0 Å². The SMILES string of the molecule is CC(C)P(C(C)C)C(Cc1ccccn1)c1cccc(C(Cc2ccccn2)P(C(C)C)C(C)C)n1. The van der Waals surface area contributed by atoms with Crippen molar-refractivity contribution in [2.24, 2.45) is 0 Å². The van der Waals surface area contributed by atoms with Crippen LogP contribution in [0.15, 0.2) is 67.0 Å². The van der Waals surface area contributed by atoms with E-state index in [4.69, 9.17) is 15.0 Å². The van der Waals surface area contributed by atoms with Crippen molar-refractivity contribution < 1.29 is 0 Å². The summed E-state index contributed by atoms with van der Waals surface area (Å²) in [5.41, 5.74) is 8.16. The Bertz CT molecular complexity index is 941. The van der Waals surface area contributed by atoms with Gasteiger partial charge in [0.1, 0.15) is 0 Å². The van der Waals surface area contributed by atoms with Crippen LogP contribution < -0.4 is 0 Å². The number of hydrogen-bond acceptors (Lipinski definition) is 3. The van der Waals surface area contributed by atoms with Gasteiger partial charge in [-0.2, -0.15) is 0 Å². The average molecular weight is 522 g/mol. The fourth-order valence-electron chi connectivity index (χ4n) is 5.63. The lowest BCUT2D eigenvalue weighted by atomic mass is 10.1. The van der Waals surface area contributed by atoms with Crippen molar-refractivity contribution in [2.75, 3.05) is 0 Å². The first-order chi connectivity index (χ1) is 17.2. The maximum absolute atomic E-state index is 5.51. The summed E-state index contributed by atoms with van der Waals surface area (Å²) >= 11 is 0. The highest BCUT2D eigenvalue weighted by Gasteiger charge is 2.33. The molecule has 194 valence electrons. The van der Waals surface area contributed by atoms with E-state index < -0.39 is 0 Å². The summed E-state index contributed by atoms with van der Waals surface area (Å²) in [6.45, 7) is 19.1. The molecule has 36 heavy (non-hydrogen) atoms. The number of pyridine rings is 3. The van der Waals surface area contributed by atoms with Crippen molar-refractivity contribution in [3.63, 3.8) is 0 Å². The summed E-state index contributed by atoms with van der Waals surface area (Å²) in [5.74, 6) is 0. The lowest BCUT2D eigenvalue weighted by Crippen LogP contribution is -2.18. The van der Waals surface area contributed by atoms with Crippen molar-refractivity contribution in [3.05, 3.63) is 89.8 Å². The molecule has 0 aliphatic rings. The molecule has 0 saturated carbocycles. The van der Waals surface area contributed by atoms with Crippen LogP contribution in [0.1, 0.15) is 89.5 Å². The molecule has 0 aliphatic carbocycles. The van der Waals surface area contributed by atoms with Crippen LogP contribution >= 0.6 is 15.8 Å². The van der Waals surface area contributed by atoms with Crippen LogP contribution in [0, 0.1) is 0 Å². The maximum atomic E-state index is 5.51. The van der Waals surface area contributed by atoms with Gasteiger partial charge in [-0.1, -0.05) is 89.4 Å². The molecule has 0 aromatic carbocycles. The Morgan fingerprint density at radius 1 is 0.528 bits per heavy atom. The molecule has 0 saturated heterocycles. The third-order valence-corrected chi connectivity index (χ3v) is 13.9. The Labute approximate surface area is 222 Å². The molecule has 5 heteroatoms. The minimum Gasteiger partial charge on any atom is -0.261 e. The summed E-state index contributed by atoms with van der Waals surface area (Å²) in [6, 6.07) is 19.4. The molecule has 0 amide bonds. The number of aromatic nitrogens is 3. The van der Waals surface area contributed by atoms with Crippen LogP contribution in [0.3, 0.4) is 0 Å². The fraction of sp³-hybridized carbons (Fsp3) is 0.516. The zero-order valence-corrected chi connectivity index (χ0v) is 25.3. The number of nitrogens with zero attached hydrogens (tertiary/aromatic N) is 3. The first-order valence-corrected chi connectivity index (χ1v) is 16.6. The third kappa shape index (κ3) is 7.66. The molecule has 2 unspecified atom stereocenters. The quantitative estimate of drug-likeness (QED) is 0.223. The topological polar surface area (TPSA) is 38.7 Å². The van der Waals surface area contributed by atoms with E-state index in [1.54, 1.807) is 0 Å². The summed E-state index contributed by atoms with van der Waals surface area (Å²) < 4.78 is 0. The smallest absolute Gasteiger partial charge is 0.0485 e. The van der Waals surface area contributed by atoms with Crippen LogP contribution in [0.25, 0.3) is 0 Å². The van der Waals surface area contributed by atoms with Gasteiger partial charge in [0.05, 0.1) is 0 Å². The van der Waals surface area contributed by atoms with Crippen molar-refractivity contribution in [3.8, 4) is 0 Å². The predicted molar refractivity (Wildman–Crippen MR) is 160 cm³/mol. The van der Waals surface area contributed by atoms with Crippen LogP contribution in [0.5, 0.6) is 0 Å². The first-order valence-electron chi connectivity index (χ1n) is 13.5. The van der Waals surface area contributed by atoms with Crippen LogP contribution in [0.4, 0.5) is 0 Å². The van der Waals surface area contributed by atoms with Crippen molar-refractivity contribution in [2.45, 2.75) is 102 Å². The largest absolute Gasteiger partial charge is 0.261 e. The van der Waals surface area contributed by atoms with Gasteiger partial charge in [0, 0.05) is 59.3 Å². The zero-order chi connectivity index (χ0) is 26.2. The summed E-state index contributed by atoms with van der Waals surface area (Å²) in [5, 5.41) is 0. The Hall–Kier alpha value is -1.69. The maximum Gasteiger partial charge on any atom is 0.0485 e. The Balaban J connectivity index is 2.08. The Morgan fingerprint density at radius 2 is 0.917 bits per heavy atom. The highest BCUT2D eigenvalue weighted by Crippen LogP contribution is 2.61. The highest BCUT2D eigenvalue weighted by atomic mass is 31.1. The second kappa shape index (κ2) is 13.7. The lowest BCUT2D eigenvalue weighted by molar-refractivity contribution is 0.776. The van der Waals surface area contributed by atoms with E-state index in [0.29, 0.717) is 34.0 Å². The third-order valence-electron chi connectivity index (χ3n) is 6.84. The van der Waals surface area contributed by atoms with Gasteiger partial charge in [0.15, 0.2) is 0 Å². The molecule has 0 radical (unpaired) electrons.